The molecule has 1 aromatic heterocycles. The number of aryl methyl sites for hydroxylation is 1. The lowest BCUT2D eigenvalue weighted by molar-refractivity contribution is -0.177. The second-order valence-corrected chi connectivity index (χ2v) is 3.65. The highest BCUT2D eigenvalue weighted by Crippen LogP contribution is 2.15. The zero-order chi connectivity index (χ0) is 13.6. The summed E-state index contributed by atoms with van der Waals surface area (Å²) in [7, 11) is 0. The number of anilines is 1. The molecule has 0 aliphatic carbocycles. The number of nitrogens with one attached hydrogen (secondary N) is 1. The minimum atomic E-state index is -4.33. The average Bonchev–Trinajstić information content (AvgIpc) is 2.27. The molecule has 0 bridgehead atoms. The first-order valence-electron chi connectivity index (χ1n) is 5.69. The standard InChI is InChI=1S/C11H16F3N3O/c1-3-8-5-9(15-4-2)17-10(16-8)6-18-7-11(12,13)14/h5H,3-4,6-7H2,1-2H3,(H,15,16,17). The average molecular weight is 263 g/mol. The first-order chi connectivity index (χ1) is 8.44. The molecule has 0 saturated carbocycles. The van der Waals surface area contributed by atoms with Crippen LogP contribution < -0.4 is 5.32 Å². The smallest absolute Gasteiger partial charge is 0.370 e. The Bertz CT molecular complexity index is 382. The molecule has 0 atom stereocenters. The monoisotopic (exact) mass is 263 g/mol. The molecule has 102 valence electrons. The molecule has 0 fully saturated rings. The minimum absolute atomic E-state index is 0.244. The molecule has 0 radical (unpaired) electrons. The van der Waals surface area contributed by atoms with Crippen LogP contribution in [-0.2, 0) is 17.8 Å². The highest BCUT2D eigenvalue weighted by atomic mass is 19.4. The molecule has 0 aliphatic rings. The zero-order valence-corrected chi connectivity index (χ0v) is 10.3. The van der Waals surface area contributed by atoms with Crippen LogP contribution in [0, 0.1) is 0 Å². The lowest BCUT2D eigenvalue weighted by Crippen LogP contribution is -2.17. The van der Waals surface area contributed by atoms with Gasteiger partial charge in [-0.3, -0.25) is 0 Å². The molecule has 4 nitrogen and oxygen atoms in total. The third-order valence-electron chi connectivity index (χ3n) is 2.04. The second-order valence-electron chi connectivity index (χ2n) is 3.65. The molecule has 0 unspecified atom stereocenters. The van der Waals surface area contributed by atoms with Gasteiger partial charge in [0.2, 0.25) is 0 Å². The van der Waals surface area contributed by atoms with Gasteiger partial charge in [0, 0.05) is 18.3 Å². The van der Waals surface area contributed by atoms with Crippen molar-refractivity contribution in [3.63, 3.8) is 0 Å². The minimum Gasteiger partial charge on any atom is -0.370 e. The van der Waals surface area contributed by atoms with Gasteiger partial charge >= 0.3 is 6.18 Å². The molecule has 7 heteroatoms. The molecule has 1 N–H and O–H groups in total. The van der Waals surface area contributed by atoms with Crippen molar-refractivity contribution in [1.29, 1.82) is 0 Å². The van der Waals surface area contributed by atoms with Gasteiger partial charge < -0.3 is 10.1 Å². The number of alkyl halides is 3. The number of ether oxygens (including phenoxy) is 1. The fourth-order valence-electron chi connectivity index (χ4n) is 1.33. The molecule has 0 aromatic carbocycles. The number of hydrogen-bond acceptors (Lipinski definition) is 4. The normalized spacial score (nSPS) is 11.6. The van der Waals surface area contributed by atoms with Gasteiger partial charge in [0.15, 0.2) is 5.82 Å². The first kappa shape index (κ1) is 14.7. The Morgan fingerprint density at radius 1 is 1.28 bits per heavy atom. The fraction of sp³-hybridized carbons (Fsp3) is 0.636. The van der Waals surface area contributed by atoms with Crippen LogP contribution in [0.25, 0.3) is 0 Å². The largest absolute Gasteiger partial charge is 0.411 e. The third-order valence-corrected chi connectivity index (χ3v) is 2.04. The van der Waals surface area contributed by atoms with Crippen LogP contribution in [0.5, 0.6) is 0 Å². The molecule has 1 heterocycles. The molecule has 0 aliphatic heterocycles. The Hall–Kier alpha value is -1.37. The maximum absolute atomic E-state index is 11.9. The van der Waals surface area contributed by atoms with Crippen LogP contribution in [0.15, 0.2) is 6.07 Å². The molecule has 1 aromatic rings. The summed E-state index contributed by atoms with van der Waals surface area (Å²) in [4.78, 5) is 8.19. The predicted molar refractivity (Wildman–Crippen MR) is 61.3 cm³/mol. The lowest BCUT2D eigenvalue weighted by atomic mass is 10.3. The van der Waals surface area contributed by atoms with E-state index in [1.807, 2.05) is 13.8 Å². The SMILES string of the molecule is CCNc1cc(CC)nc(COCC(F)(F)F)n1. The second kappa shape index (κ2) is 6.53. The lowest BCUT2D eigenvalue weighted by Gasteiger charge is -2.09. The Morgan fingerprint density at radius 3 is 2.56 bits per heavy atom. The van der Waals surface area contributed by atoms with E-state index in [0.29, 0.717) is 18.8 Å². The fourth-order valence-corrected chi connectivity index (χ4v) is 1.33. The molecule has 0 spiro atoms. The first-order valence-corrected chi connectivity index (χ1v) is 5.69. The number of hydrogen-bond donors (Lipinski definition) is 1. The van der Waals surface area contributed by atoms with Crippen molar-refractivity contribution in [3.8, 4) is 0 Å². The van der Waals surface area contributed by atoms with Gasteiger partial charge in [-0.05, 0) is 13.3 Å². The Kier molecular flexibility index (Phi) is 5.33. The Morgan fingerprint density at radius 2 is 2.00 bits per heavy atom. The van der Waals surface area contributed by atoms with Gasteiger partial charge in [-0.15, -0.1) is 0 Å². The van der Waals surface area contributed by atoms with Crippen LogP contribution in [0.3, 0.4) is 0 Å². The topological polar surface area (TPSA) is 47.0 Å². The highest BCUT2D eigenvalue weighted by Gasteiger charge is 2.27. The van der Waals surface area contributed by atoms with Crippen LogP contribution >= 0.6 is 0 Å². The predicted octanol–water partition coefficient (Wildman–Crippen LogP) is 2.55. The molecule has 0 amide bonds. The van der Waals surface area contributed by atoms with Crippen molar-refractivity contribution in [1.82, 2.24) is 9.97 Å². The van der Waals surface area contributed by atoms with Gasteiger partial charge in [0.25, 0.3) is 0 Å². The van der Waals surface area contributed by atoms with Crippen molar-refractivity contribution in [3.05, 3.63) is 17.6 Å². The Balaban J connectivity index is 2.66. The molecule has 0 saturated heterocycles. The summed E-state index contributed by atoms with van der Waals surface area (Å²) >= 11 is 0. The number of nitrogens with zero attached hydrogens (tertiary/aromatic N) is 2. The summed E-state index contributed by atoms with van der Waals surface area (Å²) in [5.41, 5.74) is 0.770. The van der Waals surface area contributed by atoms with Gasteiger partial charge in [-0.2, -0.15) is 13.2 Å². The van der Waals surface area contributed by atoms with Crippen LogP contribution in [-0.4, -0.2) is 29.3 Å². The Labute approximate surface area is 104 Å². The van der Waals surface area contributed by atoms with E-state index in [1.54, 1.807) is 6.07 Å². The van der Waals surface area contributed by atoms with Crippen molar-refractivity contribution >= 4 is 5.82 Å². The maximum atomic E-state index is 11.9. The summed E-state index contributed by atoms with van der Waals surface area (Å²) in [6.07, 6.45) is -3.64. The number of halogens is 3. The summed E-state index contributed by atoms with van der Waals surface area (Å²) in [6, 6.07) is 1.77. The van der Waals surface area contributed by atoms with Crippen molar-refractivity contribution in [2.24, 2.45) is 0 Å². The van der Waals surface area contributed by atoms with Gasteiger partial charge in [-0.25, -0.2) is 9.97 Å². The van der Waals surface area contributed by atoms with Gasteiger partial charge in [0.1, 0.15) is 19.0 Å². The van der Waals surface area contributed by atoms with Gasteiger partial charge in [0.05, 0.1) is 0 Å². The van der Waals surface area contributed by atoms with E-state index >= 15 is 0 Å². The zero-order valence-electron chi connectivity index (χ0n) is 10.3. The highest BCUT2D eigenvalue weighted by molar-refractivity contribution is 5.35. The quantitative estimate of drug-likeness (QED) is 0.856. The van der Waals surface area contributed by atoms with Crippen LogP contribution in [0.4, 0.5) is 19.0 Å². The molecule has 1 rings (SSSR count). The number of aromatic nitrogens is 2. The van der Waals surface area contributed by atoms with E-state index in [1.165, 1.54) is 0 Å². The van der Waals surface area contributed by atoms with Crippen molar-refractivity contribution in [2.45, 2.75) is 33.1 Å². The van der Waals surface area contributed by atoms with Crippen LogP contribution in [0.2, 0.25) is 0 Å². The number of rotatable bonds is 6. The molecular formula is C11H16F3N3O. The summed E-state index contributed by atoms with van der Waals surface area (Å²) < 4.78 is 40.3. The van der Waals surface area contributed by atoms with E-state index in [4.69, 9.17) is 0 Å². The van der Waals surface area contributed by atoms with E-state index < -0.39 is 12.8 Å². The van der Waals surface area contributed by atoms with Crippen LogP contribution in [0.1, 0.15) is 25.4 Å². The molecular weight excluding hydrogens is 247 g/mol. The summed E-state index contributed by atoms with van der Waals surface area (Å²) in [5, 5.41) is 3.00. The summed E-state index contributed by atoms with van der Waals surface area (Å²) in [5.74, 6) is 0.865. The van der Waals surface area contributed by atoms with E-state index in [2.05, 4.69) is 20.0 Å². The van der Waals surface area contributed by atoms with Crippen molar-refractivity contribution in [2.75, 3.05) is 18.5 Å². The van der Waals surface area contributed by atoms with Crippen molar-refractivity contribution < 1.29 is 17.9 Å². The van der Waals surface area contributed by atoms with Gasteiger partial charge in [-0.1, -0.05) is 6.92 Å². The summed E-state index contributed by atoms with van der Waals surface area (Å²) in [6.45, 7) is 2.98. The van der Waals surface area contributed by atoms with E-state index in [-0.39, 0.29) is 12.4 Å². The van der Waals surface area contributed by atoms with E-state index in [0.717, 1.165) is 5.69 Å². The third kappa shape index (κ3) is 5.31. The van der Waals surface area contributed by atoms with E-state index in [9.17, 15) is 13.2 Å². The maximum Gasteiger partial charge on any atom is 0.411 e. The molecule has 18 heavy (non-hydrogen) atoms.